The second-order valence-corrected chi connectivity index (χ2v) is 4.12. The molecule has 0 amide bonds. The average molecular weight is 203 g/mol. The fraction of sp³-hybridized carbons (Fsp3) is 1.00. The van der Waals surface area contributed by atoms with Gasteiger partial charge in [0.25, 0.3) is 0 Å². The zero-order chi connectivity index (χ0) is 11.0. The van der Waals surface area contributed by atoms with Crippen LogP contribution in [0.15, 0.2) is 0 Å². The highest BCUT2D eigenvalue weighted by Gasteiger charge is 2.14. The second-order valence-electron chi connectivity index (χ2n) is 4.12. The number of rotatable bonds is 3. The average Bonchev–Trinajstić information content (AvgIpc) is 2.58. The summed E-state index contributed by atoms with van der Waals surface area (Å²) in [4.78, 5) is 2.26. The summed E-state index contributed by atoms with van der Waals surface area (Å²) in [6, 6.07) is 0. The van der Waals surface area contributed by atoms with Crippen LogP contribution in [0.1, 0.15) is 34.6 Å². The molecule has 3 heteroatoms. The van der Waals surface area contributed by atoms with Crippen molar-refractivity contribution in [3.63, 3.8) is 0 Å². The minimum Gasteiger partial charge on any atom is -0.375 e. The maximum absolute atomic E-state index is 5.59. The maximum Gasteiger partial charge on any atom is 0.0992 e. The molecule has 0 atom stereocenters. The summed E-state index contributed by atoms with van der Waals surface area (Å²) in [5.41, 5.74) is -0.0133. The molecule has 1 saturated heterocycles. The van der Waals surface area contributed by atoms with E-state index in [1.54, 1.807) is 0 Å². The highest BCUT2D eigenvalue weighted by Crippen LogP contribution is 2.07. The number of hydrogen-bond donors (Lipinski definition) is 0. The molecule has 0 aromatic heterocycles. The third-order valence-electron chi connectivity index (χ3n) is 1.77. The highest BCUT2D eigenvalue weighted by atomic mass is 16.5. The maximum atomic E-state index is 5.59. The van der Waals surface area contributed by atoms with E-state index in [1.807, 2.05) is 13.8 Å². The lowest BCUT2D eigenvalue weighted by Gasteiger charge is -2.21. The van der Waals surface area contributed by atoms with E-state index in [9.17, 15) is 0 Å². The molecule has 1 fully saturated rings. The standard InChI is InChI=1S/C9H19NO2.C2H6/c1-9(2,3)12-7-5-10-4-6-11-8-10;1-2/h4-8H2,1-3H3;1-2H3. The molecule has 0 N–H and O–H groups in total. The van der Waals surface area contributed by atoms with Gasteiger partial charge in [-0.2, -0.15) is 0 Å². The summed E-state index contributed by atoms with van der Waals surface area (Å²) in [5, 5.41) is 0. The van der Waals surface area contributed by atoms with E-state index in [0.717, 1.165) is 33.0 Å². The van der Waals surface area contributed by atoms with Gasteiger partial charge < -0.3 is 9.47 Å². The van der Waals surface area contributed by atoms with Gasteiger partial charge >= 0.3 is 0 Å². The Labute approximate surface area is 88.4 Å². The van der Waals surface area contributed by atoms with E-state index in [4.69, 9.17) is 9.47 Å². The normalized spacial score (nSPS) is 17.8. The monoisotopic (exact) mass is 203 g/mol. The van der Waals surface area contributed by atoms with Crippen molar-refractivity contribution < 1.29 is 9.47 Å². The molecule has 0 radical (unpaired) electrons. The number of ether oxygens (including phenoxy) is 2. The van der Waals surface area contributed by atoms with Crippen molar-refractivity contribution in [1.29, 1.82) is 0 Å². The predicted molar refractivity (Wildman–Crippen MR) is 59.4 cm³/mol. The lowest BCUT2D eigenvalue weighted by atomic mass is 10.2. The van der Waals surface area contributed by atoms with E-state index >= 15 is 0 Å². The van der Waals surface area contributed by atoms with Gasteiger partial charge in [-0.25, -0.2) is 0 Å². The van der Waals surface area contributed by atoms with Crippen molar-refractivity contribution in [3.05, 3.63) is 0 Å². The van der Waals surface area contributed by atoms with Crippen molar-refractivity contribution in [2.75, 3.05) is 33.0 Å². The van der Waals surface area contributed by atoms with Gasteiger partial charge in [-0.1, -0.05) is 13.8 Å². The SMILES string of the molecule is CC.CC(C)(C)OCCN1CCOC1. The summed E-state index contributed by atoms with van der Waals surface area (Å²) in [7, 11) is 0. The Balaban J connectivity index is 0.000000791. The van der Waals surface area contributed by atoms with Crippen molar-refractivity contribution >= 4 is 0 Å². The summed E-state index contributed by atoms with van der Waals surface area (Å²) < 4.78 is 10.8. The molecule has 0 unspecified atom stereocenters. The topological polar surface area (TPSA) is 21.7 Å². The van der Waals surface area contributed by atoms with Crippen molar-refractivity contribution in [3.8, 4) is 0 Å². The van der Waals surface area contributed by atoms with Crippen LogP contribution < -0.4 is 0 Å². The van der Waals surface area contributed by atoms with E-state index in [1.165, 1.54) is 0 Å². The van der Waals surface area contributed by atoms with Crippen LogP contribution in [-0.2, 0) is 9.47 Å². The van der Waals surface area contributed by atoms with Gasteiger partial charge in [-0.05, 0) is 20.8 Å². The van der Waals surface area contributed by atoms with Gasteiger partial charge in [0, 0.05) is 13.1 Å². The molecule has 1 aliphatic heterocycles. The Morgan fingerprint density at radius 2 is 1.93 bits per heavy atom. The van der Waals surface area contributed by atoms with Gasteiger partial charge in [-0.15, -0.1) is 0 Å². The molecule has 0 aliphatic carbocycles. The predicted octanol–water partition coefficient (Wildman–Crippen LogP) is 2.12. The van der Waals surface area contributed by atoms with Gasteiger partial charge in [0.2, 0.25) is 0 Å². The zero-order valence-electron chi connectivity index (χ0n) is 10.3. The first-order valence-electron chi connectivity index (χ1n) is 5.52. The van der Waals surface area contributed by atoms with Crippen LogP contribution in [0.25, 0.3) is 0 Å². The summed E-state index contributed by atoms with van der Waals surface area (Å²) in [5.74, 6) is 0. The molecule has 0 saturated carbocycles. The van der Waals surface area contributed by atoms with Crippen molar-refractivity contribution in [2.45, 2.75) is 40.2 Å². The molecule has 0 bridgehead atoms. The quantitative estimate of drug-likeness (QED) is 0.701. The van der Waals surface area contributed by atoms with Crippen LogP contribution in [0.3, 0.4) is 0 Å². The molecule has 0 spiro atoms. The Morgan fingerprint density at radius 1 is 1.29 bits per heavy atom. The first kappa shape index (κ1) is 13.9. The lowest BCUT2D eigenvalue weighted by Crippen LogP contribution is -2.29. The summed E-state index contributed by atoms with van der Waals surface area (Å²) >= 11 is 0. The molecule has 14 heavy (non-hydrogen) atoms. The minimum absolute atomic E-state index is 0.0133. The smallest absolute Gasteiger partial charge is 0.0992 e. The molecule has 1 heterocycles. The molecular weight excluding hydrogens is 178 g/mol. The first-order valence-corrected chi connectivity index (χ1v) is 5.52. The third kappa shape index (κ3) is 7.30. The minimum atomic E-state index is -0.0133. The summed E-state index contributed by atoms with van der Waals surface area (Å²) in [6.45, 7) is 14.7. The van der Waals surface area contributed by atoms with Gasteiger partial charge in [0.15, 0.2) is 0 Å². The molecule has 1 rings (SSSR count). The fourth-order valence-electron chi connectivity index (χ4n) is 1.11. The first-order chi connectivity index (χ1) is 6.58. The molecule has 3 nitrogen and oxygen atoms in total. The van der Waals surface area contributed by atoms with Gasteiger partial charge in [0.05, 0.1) is 25.5 Å². The molecule has 0 aromatic carbocycles. The second kappa shape index (κ2) is 7.21. The van der Waals surface area contributed by atoms with Crippen LogP contribution in [0.2, 0.25) is 0 Å². The van der Waals surface area contributed by atoms with Crippen LogP contribution in [0.5, 0.6) is 0 Å². The third-order valence-corrected chi connectivity index (χ3v) is 1.77. The Morgan fingerprint density at radius 3 is 2.36 bits per heavy atom. The number of nitrogens with zero attached hydrogens (tertiary/aromatic N) is 1. The number of hydrogen-bond acceptors (Lipinski definition) is 3. The Bertz CT molecular complexity index is 126. The Hall–Kier alpha value is -0.120. The molecule has 86 valence electrons. The largest absolute Gasteiger partial charge is 0.375 e. The van der Waals surface area contributed by atoms with Crippen LogP contribution >= 0.6 is 0 Å². The zero-order valence-corrected chi connectivity index (χ0v) is 10.3. The molecular formula is C11H25NO2. The van der Waals surface area contributed by atoms with E-state index in [0.29, 0.717) is 0 Å². The van der Waals surface area contributed by atoms with E-state index < -0.39 is 0 Å². The summed E-state index contributed by atoms with van der Waals surface area (Å²) in [6.07, 6.45) is 0. The Kier molecular flexibility index (Phi) is 7.15. The van der Waals surface area contributed by atoms with Crippen LogP contribution in [0, 0.1) is 0 Å². The van der Waals surface area contributed by atoms with Crippen LogP contribution in [0.4, 0.5) is 0 Å². The fourth-order valence-corrected chi connectivity index (χ4v) is 1.11. The van der Waals surface area contributed by atoms with E-state index in [-0.39, 0.29) is 5.60 Å². The lowest BCUT2D eigenvalue weighted by molar-refractivity contribution is -0.0147. The van der Waals surface area contributed by atoms with Gasteiger partial charge in [0.1, 0.15) is 0 Å². The highest BCUT2D eigenvalue weighted by molar-refractivity contribution is 4.62. The van der Waals surface area contributed by atoms with Gasteiger partial charge in [-0.3, -0.25) is 4.90 Å². The van der Waals surface area contributed by atoms with Crippen LogP contribution in [-0.4, -0.2) is 43.5 Å². The molecule has 0 aromatic rings. The molecule has 1 aliphatic rings. The van der Waals surface area contributed by atoms with Crippen molar-refractivity contribution in [1.82, 2.24) is 4.90 Å². The van der Waals surface area contributed by atoms with E-state index in [2.05, 4.69) is 25.7 Å². The van der Waals surface area contributed by atoms with Crippen molar-refractivity contribution in [2.24, 2.45) is 0 Å².